The van der Waals surface area contributed by atoms with Crippen LogP contribution in [0.15, 0.2) is 23.1 Å². The molecule has 0 atom stereocenters. The molecule has 0 amide bonds. The second kappa shape index (κ2) is 6.53. The van der Waals surface area contributed by atoms with Crippen LogP contribution >= 0.6 is 0 Å². The van der Waals surface area contributed by atoms with Crippen LogP contribution in [0.5, 0.6) is 0 Å². The number of benzene rings is 1. The summed E-state index contributed by atoms with van der Waals surface area (Å²) < 4.78 is 53.6. The Morgan fingerprint density at radius 2 is 1.90 bits per heavy atom. The van der Waals surface area contributed by atoms with Crippen LogP contribution in [0.2, 0.25) is 0 Å². The summed E-state index contributed by atoms with van der Waals surface area (Å²) in [4.78, 5) is -0.102. The Bertz CT molecular complexity index is 668. The number of anilines is 1. The molecule has 0 unspecified atom stereocenters. The molecule has 0 aliphatic heterocycles. The first-order valence-electron chi connectivity index (χ1n) is 5.79. The van der Waals surface area contributed by atoms with Gasteiger partial charge in [-0.3, -0.25) is 4.72 Å². The molecule has 0 heterocycles. The molecular weight excluding hydrogens is 304 g/mol. The standard InChI is InChI=1S/C11H18N2O5S2/c1-9-10(5-3-6-11(9)20(12,16)17)13-19(14,15)8-4-7-18-2/h3,5-6,13H,4,7-8H2,1-2H3,(H2,12,16,17). The molecule has 0 aromatic heterocycles. The summed E-state index contributed by atoms with van der Waals surface area (Å²) in [5, 5.41) is 5.07. The van der Waals surface area contributed by atoms with Gasteiger partial charge >= 0.3 is 0 Å². The van der Waals surface area contributed by atoms with Gasteiger partial charge in [-0.15, -0.1) is 0 Å². The van der Waals surface area contributed by atoms with Gasteiger partial charge in [-0.25, -0.2) is 22.0 Å². The fourth-order valence-corrected chi connectivity index (χ4v) is 3.61. The van der Waals surface area contributed by atoms with Crippen molar-refractivity contribution in [2.24, 2.45) is 5.14 Å². The average Bonchev–Trinajstić information content (AvgIpc) is 2.30. The quantitative estimate of drug-likeness (QED) is 0.706. The van der Waals surface area contributed by atoms with Crippen molar-refractivity contribution >= 4 is 25.7 Å². The molecule has 9 heteroatoms. The van der Waals surface area contributed by atoms with Crippen LogP contribution in [0.3, 0.4) is 0 Å². The summed E-state index contributed by atoms with van der Waals surface area (Å²) in [6.07, 6.45) is 0.347. The molecule has 0 spiro atoms. The van der Waals surface area contributed by atoms with E-state index in [0.717, 1.165) is 0 Å². The lowest BCUT2D eigenvalue weighted by atomic mass is 10.2. The predicted octanol–water partition coefficient (Wildman–Crippen LogP) is 0.421. The first-order chi connectivity index (χ1) is 9.17. The van der Waals surface area contributed by atoms with E-state index in [1.165, 1.54) is 32.2 Å². The van der Waals surface area contributed by atoms with Gasteiger partial charge in [-0.2, -0.15) is 0 Å². The Labute approximate surface area is 119 Å². The molecule has 20 heavy (non-hydrogen) atoms. The highest BCUT2D eigenvalue weighted by Crippen LogP contribution is 2.23. The third kappa shape index (κ3) is 4.75. The number of hydrogen-bond donors (Lipinski definition) is 2. The van der Waals surface area contributed by atoms with Crippen molar-refractivity contribution in [2.75, 3.05) is 24.2 Å². The van der Waals surface area contributed by atoms with Gasteiger partial charge in [0.25, 0.3) is 0 Å². The number of ether oxygens (including phenoxy) is 1. The Hall–Kier alpha value is -1.16. The molecule has 1 rings (SSSR count). The largest absolute Gasteiger partial charge is 0.385 e. The molecule has 0 aliphatic carbocycles. The van der Waals surface area contributed by atoms with Gasteiger partial charge in [0.15, 0.2) is 0 Å². The molecule has 1 aromatic rings. The minimum absolute atomic E-state index is 0.102. The lowest BCUT2D eigenvalue weighted by Crippen LogP contribution is -2.20. The summed E-state index contributed by atoms with van der Waals surface area (Å²) in [6.45, 7) is 1.82. The van der Waals surface area contributed by atoms with Crippen LogP contribution < -0.4 is 9.86 Å². The number of rotatable bonds is 7. The van der Waals surface area contributed by atoms with Crippen LogP contribution in [-0.2, 0) is 24.8 Å². The lowest BCUT2D eigenvalue weighted by molar-refractivity contribution is 0.199. The molecule has 0 aliphatic rings. The number of methoxy groups -OCH3 is 1. The highest BCUT2D eigenvalue weighted by Gasteiger charge is 2.17. The van der Waals surface area contributed by atoms with Gasteiger partial charge in [-0.1, -0.05) is 6.07 Å². The molecule has 0 radical (unpaired) electrons. The SMILES string of the molecule is COCCCS(=O)(=O)Nc1cccc(S(N)(=O)=O)c1C. The topological polar surface area (TPSA) is 116 Å². The first-order valence-corrected chi connectivity index (χ1v) is 8.99. The van der Waals surface area contributed by atoms with Gasteiger partial charge < -0.3 is 4.74 Å². The van der Waals surface area contributed by atoms with Crippen molar-refractivity contribution in [3.63, 3.8) is 0 Å². The molecule has 1 aromatic carbocycles. The average molecular weight is 322 g/mol. The van der Waals surface area contributed by atoms with Crippen molar-refractivity contribution in [3.05, 3.63) is 23.8 Å². The van der Waals surface area contributed by atoms with Crippen LogP contribution in [0, 0.1) is 6.92 Å². The monoisotopic (exact) mass is 322 g/mol. The number of nitrogens with two attached hydrogens (primary N) is 1. The molecule has 114 valence electrons. The van der Waals surface area contributed by atoms with Crippen LogP contribution in [-0.4, -0.2) is 36.3 Å². The van der Waals surface area contributed by atoms with Crippen LogP contribution in [0.25, 0.3) is 0 Å². The van der Waals surface area contributed by atoms with Gasteiger partial charge in [0.2, 0.25) is 20.0 Å². The Morgan fingerprint density at radius 3 is 2.45 bits per heavy atom. The van der Waals surface area contributed by atoms with Crippen molar-refractivity contribution in [1.29, 1.82) is 0 Å². The van der Waals surface area contributed by atoms with Crippen molar-refractivity contribution < 1.29 is 21.6 Å². The zero-order valence-electron chi connectivity index (χ0n) is 11.3. The van der Waals surface area contributed by atoms with Crippen molar-refractivity contribution in [3.8, 4) is 0 Å². The summed E-state index contributed by atoms with van der Waals surface area (Å²) in [7, 11) is -5.96. The van der Waals surface area contributed by atoms with E-state index in [1.54, 1.807) is 0 Å². The lowest BCUT2D eigenvalue weighted by Gasteiger charge is -2.12. The van der Waals surface area contributed by atoms with Gasteiger partial charge in [0.05, 0.1) is 16.3 Å². The van der Waals surface area contributed by atoms with Gasteiger partial charge in [0, 0.05) is 13.7 Å². The summed E-state index contributed by atoms with van der Waals surface area (Å²) in [5.74, 6) is -0.111. The molecule has 7 nitrogen and oxygen atoms in total. The van der Waals surface area contributed by atoms with Crippen molar-refractivity contribution in [2.45, 2.75) is 18.2 Å². The summed E-state index contributed by atoms with van der Waals surface area (Å²) >= 11 is 0. The number of nitrogens with one attached hydrogen (secondary N) is 1. The smallest absolute Gasteiger partial charge is 0.238 e. The van der Waals surface area contributed by atoms with Crippen LogP contribution in [0.4, 0.5) is 5.69 Å². The zero-order chi connectivity index (χ0) is 15.4. The van der Waals surface area contributed by atoms with E-state index in [9.17, 15) is 16.8 Å². The number of hydrogen-bond acceptors (Lipinski definition) is 5. The fraction of sp³-hybridized carbons (Fsp3) is 0.455. The van der Waals surface area contributed by atoms with E-state index < -0.39 is 20.0 Å². The van der Waals surface area contributed by atoms with Gasteiger partial charge in [0.1, 0.15) is 0 Å². The molecule has 0 fully saturated rings. The Morgan fingerprint density at radius 1 is 1.25 bits per heavy atom. The summed E-state index contributed by atoms with van der Waals surface area (Å²) in [6, 6.07) is 4.24. The van der Waals surface area contributed by atoms with E-state index in [2.05, 4.69) is 4.72 Å². The molecule has 3 N–H and O–H groups in total. The first kappa shape index (κ1) is 16.9. The maximum Gasteiger partial charge on any atom is 0.238 e. The highest BCUT2D eigenvalue weighted by atomic mass is 32.2. The molecular formula is C11H18N2O5S2. The Balaban J connectivity index is 3.00. The number of primary sulfonamides is 1. The van der Waals surface area contributed by atoms with E-state index in [1.807, 2.05) is 0 Å². The molecule has 0 bridgehead atoms. The highest BCUT2D eigenvalue weighted by molar-refractivity contribution is 7.92. The minimum Gasteiger partial charge on any atom is -0.385 e. The second-order valence-corrected chi connectivity index (χ2v) is 7.61. The van der Waals surface area contributed by atoms with Crippen molar-refractivity contribution in [1.82, 2.24) is 0 Å². The van der Waals surface area contributed by atoms with E-state index in [4.69, 9.17) is 9.88 Å². The Kier molecular flexibility index (Phi) is 5.51. The number of sulfonamides is 2. The van der Waals surface area contributed by atoms with E-state index in [-0.39, 0.29) is 21.9 Å². The third-order valence-corrected chi connectivity index (χ3v) is 5.03. The fourth-order valence-electron chi connectivity index (χ4n) is 1.65. The maximum atomic E-state index is 11.8. The summed E-state index contributed by atoms with van der Waals surface area (Å²) in [5.41, 5.74) is 0.472. The van der Waals surface area contributed by atoms with E-state index in [0.29, 0.717) is 13.0 Å². The second-order valence-electron chi connectivity index (χ2n) is 4.24. The normalized spacial score (nSPS) is 12.3. The zero-order valence-corrected chi connectivity index (χ0v) is 12.9. The van der Waals surface area contributed by atoms with E-state index >= 15 is 0 Å². The maximum absolute atomic E-state index is 11.8. The molecule has 0 saturated carbocycles. The van der Waals surface area contributed by atoms with Crippen LogP contribution in [0.1, 0.15) is 12.0 Å². The predicted molar refractivity (Wildman–Crippen MR) is 76.5 cm³/mol. The third-order valence-electron chi connectivity index (χ3n) is 2.62. The molecule has 0 saturated heterocycles. The minimum atomic E-state index is -3.89. The van der Waals surface area contributed by atoms with Gasteiger partial charge in [-0.05, 0) is 31.0 Å².